The first kappa shape index (κ1) is 15.2. The van der Waals surface area contributed by atoms with Gasteiger partial charge in [0.1, 0.15) is 0 Å². The van der Waals surface area contributed by atoms with E-state index in [0.717, 1.165) is 18.7 Å². The van der Waals surface area contributed by atoms with Gasteiger partial charge in [0.05, 0.1) is 4.90 Å². The van der Waals surface area contributed by atoms with Crippen LogP contribution in [0.15, 0.2) is 29.2 Å². The van der Waals surface area contributed by atoms with Crippen LogP contribution in [-0.4, -0.2) is 21.2 Å². The van der Waals surface area contributed by atoms with Crippen molar-refractivity contribution in [3.8, 4) is 0 Å². The highest BCUT2D eigenvalue weighted by atomic mass is 32.2. The summed E-state index contributed by atoms with van der Waals surface area (Å²) in [6.45, 7) is 6.23. The number of rotatable bonds is 7. The maximum Gasteiger partial charge on any atom is 0.175 e. The van der Waals surface area contributed by atoms with E-state index in [1.54, 1.807) is 12.1 Å². The zero-order chi connectivity index (χ0) is 13.6. The molecule has 0 heterocycles. The molecule has 1 aromatic carbocycles. The van der Waals surface area contributed by atoms with Crippen molar-refractivity contribution in [3.63, 3.8) is 0 Å². The zero-order valence-corrected chi connectivity index (χ0v) is 12.3. The predicted octanol–water partition coefficient (Wildman–Crippen LogP) is 2.62. The first-order valence-corrected chi connectivity index (χ1v) is 8.32. The fourth-order valence-corrected chi connectivity index (χ4v) is 2.54. The van der Waals surface area contributed by atoms with Crippen LogP contribution in [0.25, 0.3) is 0 Å². The van der Waals surface area contributed by atoms with E-state index in [4.69, 9.17) is 0 Å². The lowest BCUT2D eigenvalue weighted by Crippen LogP contribution is -2.20. The second kappa shape index (κ2) is 6.90. The first-order valence-electron chi connectivity index (χ1n) is 6.43. The molecule has 3 nitrogen and oxygen atoms in total. The Morgan fingerprint density at radius 2 is 1.83 bits per heavy atom. The van der Waals surface area contributed by atoms with Crippen LogP contribution in [0.4, 0.5) is 0 Å². The van der Waals surface area contributed by atoms with E-state index in [-0.39, 0.29) is 0 Å². The number of benzene rings is 1. The highest BCUT2D eigenvalue weighted by Crippen LogP contribution is 2.10. The van der Waals surface area contributed by atoms with Gasteiger partial charge in [-0.25, -0.2) is 8.42 Å². The Morgan fingerprint density at radius 1 is 1.22 bits per heavy atom. The van der Waals surface area contributed by atoms with Gasteiger partial charge in [0.25, 0.3) is 0 Å². The molecule has 0 saturated heterocycles. The van der Waals surface area contributed by atoms with Crippen LogP contribution in [0.3, 0.4) is 0 Å². The molecule has 0 radical (unpaired) electrons. The van der Waals surface area contributed by atoms with Gasteiger partial charge in [0.15, 0.2) is 9.84 Å². The Bertz CT molecular complexity index is 451. The Kier molecular flexibility index (Phi) is 5.82. The lowest BCUT2D eigenvalue weighted by atomic mass is 10.1. The van der Waals surface area contributed by atoms with Crippen molar-refractivity contribution in [1.82, 2.24) is 5.32 Å². The van der Waals surface area contributed by atoms with E-state index >= 15 is 0 Å². The van der Waals surface area contributed by atoms with Gasteiger partial charge < -0.3 is 5.32 Å². The van der Waals surface area contributed by atoms with Crippen molar-refractivity contribution in [2.45, 2.75) is 38.1 Å². The highest BCUT2D eigenvalue weighted by molar-refractivity contribution is 7.90. The standard InChI is InChI=1S/C14H23NO2S/c1-4-5-12(2)10-15-11-13-6-8-14(9-7-13)18(3,16)17/h6-9,12,15H,4-5,10-11H2,1-3H3. The quantitative estimate of drug-likeness (QED) is 0.827. The maximum absolute atomic E-state index is 11.3. The van der Waals surface area contributed by atoms with Gasteiger partial charge in [-0.3, -0.25) is 0 Å². The third-order valence-electron chi connectivity index (χ3n) is 2.95. The molecular weight excluding hydrogens is 246 g/mol. The molecule has 0 aliphatic heterocycles. The minimum absolute atomic E-state index is 0.380. The topological polar surface area (TPSA) is 46.2 Å². The molecule has 0 aromatic heterocycles. The van der Waals surface area contributed by atoms with Crippen LogP contribution >= 0.6 is 0 Å². The lowest BCUT2D eigenvalue weighted by Gasteiger charge is -2.11. The molecule has 0 saturated carbocycles. The van der Waals surface area contributed by atoms with Crippen molar-refractivity contribution in [2.75, 3.05) is 12.8 Å². The summed E-state index contributed by atoms with van der Waals surface area (Å²) in [5, 5.41) is 3.40. The van der Waals surface area contributed by atoms with E-state index in [9.17, 15) is 8.42 Å². The molecule has 0 amide bonds. The second-order valence-corrected chi connectivity index (χ2v) is 6.96. The Morgan fingerprint density at radius 3 is 2.33 bits per heavy atom. The molecule has 18 heavy (non-hydrogen) atoms. The summed E-state index contributed by atoms with van der Waals surface area (Å²) >= 11 is 0. The Labute approximate surface area is 111 Å². The van der Waals surface area contributed by atoms with Crippen LogP contribution in [-0.2, 0) is 16.4 Å². The minimum Gasteiger partial charge on any atom is -0.312 e. The SMILES string of the molecule is CCCC(C)CNCc1ccc(S(C)(=O)=O)cc1. The molecule has 1 atom stereocenters. The van der Waals surface area contributed by atoms with Crippen LogP contribution in [0.2, 0.25) is 0 Å². The molecule has 0 spiro atoms. The molecule has 1 N–H and O–H groups in total. The number of sulfone groups is 1. The number of nitrogens with one attached hydrogen (secondary N) is 1. The molecular formula is C14H23NO2S. The van der Waals surface area contributed by atoms with Gasteiger partial charge in [0.2, 0.25) is 0 Å². The zero-order valence-electron chi connectivity index (χ0n) is 11.4. The summed E-state index contributed by atoms with van der Waals surface area (Å²) in [6, 6.07) is 7.07. The highest BCUT2D eigenvalue weighted by Gasteiger charge is 2.06. The van der Waals surface area contributed by atoms with E-state index < -0.39 is 9.84 Å². The average Bonchev–Trinajstić information content (AvgIpc) is 2.29. The number of hydrogen-bond acceptors (Lipinski definition) is 3. The number of hydrogen-bond donors (Lipinski definition) is 1. The van der Waals surface area contributed by atoms with E-state index in [1.165, 1.54) is 19.1 Å². The largest absolute Gasteiger partial charge is 0.312 e. The molecule has 0 aliphatic rings. The summed E-state index contributed by atoms with van der Waals surface area (Å²) in [6.07, 6.45) is 3.68. The van der Waals surface area contributed by atoms with Gasteiger partial charge in [-0.2, -0.15) is 0 Å². The van der Waals surface area contributed by atoms with Gasteiger partial charge in [0, 0.05) is 12.8 Å². The molecule has 1 unspecified atom stereocenters. The average molecular weight is 269 g/mol. The van der Waals surface area contributed by atoms with Crippen molar-refractivity contribution in [1.29, 1.82) is 0 Å². The fraction of sp³-hybridized carbons (Fsp3) is 0.571. The Hall–Kier alpha value is -0.870. The van der Waals surface area contributed by atoms with Crippen LogP contribution in [0.5, 0.6) is 0 Å². The first-order chi connectivity index (χ1) is 8.43. The summed E-state index contributed by atoms with van der Waals surface area (Å²) in [7, 11) is -3.08. The van der Waals surface area contributed by atoms with Crippen molar-refractivity contribution in [3.05, 3.63) is 29.8 Å². The van der Waals surface area contributed by atoms with E-state index in [1.807, 2.05) is 12.1 Å². The third-order valence-corrected chi connectivity index (χ3v) is 4.08. The minimum atomic E-state index is -3.08. The van der Waals surface area contributed by atoms with Crippen molar-refractivity contribution in [2.24, 2.45) is 5.92 Å². The maximum atomic E-state index is 11.3. The molecule has 1 rings (SSSR count). The van der Waals surface area contributed by atoms with Crippen LogP contribution in [0, 0.1) is 5.92 Å². The predicted molar refractivity (Wildman–Crippen MR) is 75.3 cm³/mol. The summed E-state index contributed by atoms with van der Waals surface area (Å²) in [5.41, 5.74) is 1.12. The van der Waals surface area contributed by atoms with E-state index in [2.05, 4.69) is 19.2 Å². The van der Waals surface area contributed by atoms with Gasteiger partial charge in [-0.05, 0) is 36.6 Å². The smallest absolute Gasteiger partial charge is 0.175 e. The van der Waals surface area contributed by atoms with Crippen LogP contribution in [0.1, 0.15) is 32.3 Å². The monoisotopic (exact) mass is 269 g/mol. The van der Waals surface area contributed by atoms with E-state index in [0.29, 0.717) is 10.8 Å². The normalized spacial score (nSPS) is 13.5. The summed E-state index contributed by atoms with van der Waals surface area (Å²) < 4.78 is 22.6. The molecule has 0 fully saturated rings. The van der Waals surface area contributed by atoms with Gasteiger partial charge in [-0.1, -0.05) is 32.4 Å². The molecule has 0 aliphatic carbocycles. The Balaban J connectivity index is 2.45. The lowest BCUT2D eigenvalue weighted by molar-refractivity contribution is 0.476. The fourth-order valence-electron chi connectivity index (χ4n) is 1.91. The van der Waals surface area contributed by atoms with Gasteiger partial charge >= 0.3 is 0 Å². The molecule has 0 bridgehead atoms. The molecule has 102 valence electrons. The third kappa shape index (κ3) is 5.19. The van der Waals surface area contributed by atoms with Crippen LogP contribution < -0.4 is 5.32 Å². The second-order valence-electron chi connectivity index (χ2n) is 4.94. The van der Waals surface area contributed by atoms with Gasteiger partial charge in [-0.15, -0.1) is 0 Å². The van der Waals surface area contributed by atoms with Crippen molar-refractivity contribution >= 4 is 9.84 Å². The molecule has 1 aromatic rings. The van der Waals surface area contributed by atoms with Crippen molar-refractivity contribution < 1.29 is 8.42 Å². The summed E-state index contributed by atoms with van der Waals surface area (Å²) in [5.74, 6) is 0.685. The molecule has 4 heteroatoms. The summed E-state index contributed by atoms with van der Waals surface area (Å²) in [4.78, 5) is 0.380.